The van der Waals surface area contributed by atoms with Crippen LogP contribution in [-0.4, -0.2) is 16.7 Å². The molecule has 1 saturated heterocycles. The van der Waals surface area contributed by atoms with Crippen molar-refractivity contribution in [3.63, 3.8) is 0 Å². The van der Waals surface area contributed by atoms with Gasteiger partial charge in [-0.25, -0.2) is 4.39 Å². The third-order valence-corrected chi connectivity index (χ3v) is 3.59. The van der Waals surface area contributed by atoms with Crippen LogP contribution in [0.15, 0.2) is 27.2 Å². The van der Waals surface area contributed by atoms with Crippen molar-refractivity contribution in [2.24, 2.45) is 0 Å². The largest absolute Gasteiger partial charge is 0.334 e. The maximum Gasteiger partial charge on any atom is 0.258 e. The van der Waals surface area contributed by atoms with Gasteiger partial charge in [0, 0.05) is 5.56 Å². The zero-order valence-electron chi connectivity index (χ0n) is 9.49. The molecule has 0 saturated carbocycles. The molecule has 1 atom stereocenters. The smallest absolute Gasteiger partial charge is 0.258 e. The summed E-state index contributed by atoms with van der Waals surface area (Å²) in [6, 6.07) is 4.80. The normalized spacial score (nSPS) is 19.3. The molecule has 1 aromatic carbocycles. The Morgan fingerprint density at radius 1 is 1.44 bits per heavy atom. The van der Waals surface area contributed by atoms with Crippen LogP contribution in [0.4, 0.5) is 4.39 Å². The third kappa shape index (κ3) is 2.18. The molecule has 0 bridgehead atoms. The summed E-state index contributed by atoms with van der Waals surface area (Å²) in [7, 11) is 0. The Labute approximate surface area is 112 Å². The first-order chi connectivity index (χ1) is 8.74. The minimum absolute atomic E-state index is 0.173. The highest BCUT2D eigenvalue weighted by molar-refractivity contribution is 9.10. The predicted octanol–water partition coefficient (Wildman–Crippen LogP) is 3.06. The van der Waals surface area contributed by atoms with Crippen LogP contribution >= 0.6 is 15.9 Å². The number of benzene rings is 1. The Morgan fingerprint density at radius 2 is 2.33 bits per heavy atom. The van der Waals surface area contributed by atoms with E-state index in [0.717, 1.165) is 19.4 Å². The molecule has 1 aliphatic heterocycles. The van der Waals surface area contributed by atoms with Crippen LogP contribution in [0.2, 0.25) is 0 Å². The molecule has 3 rings (SSSR count). The number of halogens is 2. The van der Waals surface area contributed by atoms with E-state index in [4.69, 9.17) is 4.52 Å². The van der Waals surface area contributed by atoms with Crippen LogP contribution in [0, 0.1) is 5.82 Å². The summed E-state index contributed by atoms with van der Waals surface area (Å²) < 4.78 is 18.7. The quantitative estimate of drug-likeness (QED) is 0.926. The first-order valence-electron chi connectivity index (χ1n) is 5.76. The predicted molar refractivity (Wildman–Crippen MR) is 67.4 cm³/mol. The molecule has 0 spiro atoms. The summed E-state index contributed by atoms with van der Waals surface area (Å²) >= 11 is 3.14. The van der Waals surface area contributed by atoms with E-state index in [2.05, 4.69) is 31.4 Å². The molecule has 0 aliphatic carbocycles. The fourth-order valence-corrected chi connectivity index (χ4v) is 2.41. The third-order valence-electron chi connectivity index (χ3n) is 2.98. The van der Waals surface area contributed by atoms with E-state index < -0.39 is 0 Å². The van der Waals surface area contributed by atoms with Crippen LogP contribution in [0.3, 0.4) is 0 Å². The lowest BCUT2D eigenvalue weighted by atomic mass is 10.2. The van der Waals surface area contributed by atoms with Crippen LogP contribution in [-0.2, 0) is 0 Å². The van der Waals surface area contributed by atoms with Gasteiger partial charge in [0.2, 0.25) is 0 Å². The lowest BCUT2D eigenvalue weighted by Gasteiger charge is -2.01. The first-order valence-corrected chi connectivity index (χ1v) is 6.56. The zero-order chi connectivity index (χ0) is 12.5. The average molecular weight is 312 g/mol. The summed E-state index contributed by atoms with van der Waals surface area (Å²) in [5.74, 6) is 0.776. The van der Waals surface area contributed by atoms with Crippen molar-refractivity contribution in [3.8, 4) is 11.5 Å². The number of nitrogens with one attached hydrogen (secondary N) is 1. The Balaban J connectivity index is 1.89. The summed E-state index contributed by atoms with van der Waals surface area (Å²) in [6.45, 7) is 0.983. The zero-order valence-corrected chi connectivity index (χ0v) is 11.1. The van der Waals surface area contributed by atoms with Gasteiger partial charge in [-0.05, 0) is 53.5 Å². The van der Waals surface area contributed by atoms with Gasteiger partial charge < -0.3 is 9.84 Å². The lowest BCUT2D eigenvalue weighted by molar-refractivity contribution is 0.412. The molecule has 1 unspecified atom stereocenters. The molecular formula is C12H11BrFN3O. The molecule has 1 aromatic heterocycles. The van der Waals surface area contributed by atoms with Crippen molar-refractivity contribution in [2.45, 2.75) is 18.9 Å². The molecule has 94 valence electrons. The van der Waals surface area contributed by atoms with Gasteiger partial charge in [-0.15, -0.1) is 0 Å². The summed E-state index contributed by atoms with van der Waals surface area (Å²) in [4.78, 5) is 4.35. The Kier molecular flexibility index (Phi) is 3.13. The van der Waals surface area contributed by atoms with Crippen molar-refractivity contribution < 1.29 is 8.91 Å². The minimum Gasteiger partial charge on any atom is -0.334 e. The summed E-state index contributed by atoms with van der Waals surface area (Å²) in [6.07, 6.45) is 2.14. The lowest BCUT2D eigenvalue weighted by Crippen LogP contribution is -2.14. The van der Waals surface area contributed by atoms with Gasteiger partial charge in [-0.1, -0.05) is 5.16 Å². The molecule has 0 amide bonds. The topological polar surface area (TPSA) is 51.0 Å². The van der Waals surface area contributed by atoms with Crippen molar-refractivity contribution >= 4 is 15.9 Å². The average Bonchev–Trinajstić information content (AvgIpc) is 3.01. The Bertz CT molecular complexity index is 566. The van der Waals surface area contributed by atoms with E-state index in [1.165, 1.54) is 6.07 Å². The summed E-state index contributed by atoms with van der Waals surface area (Å²) in [5.41, 5.74) is 0.708. The molecule has 1 N–H and O–H groups in total. The summed E-state index contributed by atoms with van der Waals surface area (Å²) in [5, 5.41) is 7.27. The maximum absolute atomic E-state index is 13.1. The van der Waals surface area contributed by atoms with Gasteiger partial charge in [-0.2, -0.15) is 4.98 Å². The standard InChI is InChI=1S/C12H11BrFN3O/c13-8-6-7(3-4-9(8)14)12-16-11(17-18-12)10-2-1-5-15-10/h3-4,6,10,15H,1-2,5H2. The van der Waals surface area contributed by atoms with Crippen molar-refractivity contribution in [3.05, 3.63) is 34.3 Å². The fraction of sp³-hybridized carbons (Fsp3) is 0.333. The van der Waals surface area contributed by atoms with Gasteiger partial charge in [0.05, 0.1) is 10.5 Å². The number of nitrogens with zero attached hydrogens (tertiary/aromatic N) is 2. The van der Waals surface area contributed by atoms with E-state index in [9.17, 15) is 4.39 Å². The fourth-order valence-electron chi connectivity index (χ4n) is 2.03. The Hall–Kier alpha value is -1.27. The molecule has 1 fully saturated rings. The van der Waals surface area contributed by atoms with Gasteiger partial charge in [0.1, 0.15) is 5.82 Å². The van der Waals surface area contributed by atoms with Gasteiger partial charge >= 0.3 is 0 Å². The highest BCUT2D eigenvalue weighted by Gasteiger charge is 2.22. The van der Waals surface area contributed by atoms with E-state index in [0.29, 0.717) is 21.8 Å². The monoisotopic (exact) mass is 311 g/mol. The second kappa shape index (κ2) is 4.78. The maximum atomic E-state index is 13.1. The molecule has 18 heavy (non-hydrogen) atoms. The number of aromatic nitrogens is 2. The van der Waals surface area contributed by atoms with Crippen LogP contribution in [0.5, 0.6) is 0 Å². The molecule has 4 nitrogen and oxygen atoms in total. The molecule has 6 heteroatoms. The van der Waals surface area contributed by atoms with E-state index >= 15 is 0 Å². The van der Waals surface area contributed by atoms with Crippen LogP contribution in [0.1, 0.15) is 24.7 Å². The minimum atomic E-state index is -0.309. The van der Waals surface area contributed by atoms with E-state index in [1.807, 2.05) is 0 Å². The van der Waals surface area contributed by atoms with Gasteiger partial charge in [0.15, 0.2) is 5.82 Å². The second-order valence-electron chi connectivity index (χ2n) is 4.24. The SMILES string of the molecule is Fc1ccc(-c2nc(C3CCCN3)no2)cc1Br. The number of hydrogen-bond donors (Lipinski definition) is 1. The van der Waals surface area contributed by atoms with Gasteiger partial charge in [-0.3, -0.25) is 0 Å². The van der Waals surface area contributed by atoms with Crippen molar-refractivity contribution in [1.82, 2.24) is 15.5 Å². The number of hydrogen-bond acceptors (Lipinski definition) is 4. The van der Waals surface area contributed by atoms with E-state index in [-0.39, 0.29) is 11.9 Å². The Morgan fingerprint density at radius 3 is 3.06 bits per heavy atom. The molecule has 2 aromatic rings. The molecular weight excluding hydrogens is 301 g/mol. The molecule has 1 aliphatic rings. The molecule has 2 heterocycles. The van der Waals surface area contributed by atoms with Crippen LogP contribution in [0.25, 0.3) is 11.5 Å². The highest BCUT2D eigenvalue weighted by Crippen LogP contribution is 2.26. The number of rotatable bonds is 2. The first kappa shape index (κ1) is 11.8. The highest BCUT2D eigenvalue weighted by atomic mass is 79.9. The van der Waals surface area contributed by atoms with E-state index in [1.54, 1.807) is 12.1 Å². The second-order valence-corrected chi connectivity index (χ2v) is 5.09. The molecule has 0 radical (unpaired) electrons. The van der Waals surface area contributed by atoms with Crippen LogP contribution < -0.4 is 5.32 Å². The van der Waals surface area contributed by atoms with Crippen molar-refractivity contribution in [1.29, 1.82) is 0 Å². The van der Waals surface area contributed by atoms with Gasteiger partial charge in [0.25, 0.3) is 5.89 Å². The van der Waals surface area contributed by atoms with Crippen molar-refractivity contribution in [2.75, 3.05) is 6.54 Å².